The van der Waals surface area contributed by atoms with Gasteiger partial charge in [0.1, 0.15) is 24.7 Å². The molecule has 1 N–H and O–H groups in total. The molecular weight excluding hydrogens is 650 g/mol. The van der Waals surface area contributed by atoms with Gasteiger partial charge < -0.3 is 19.3 Å². The van der Waals surface area contributed by atoms with Gasteiger partial charge in [-0.3, -0.25) is 0 Å². The molecule has 52 heavy (non-hydrogen) atoms. The lowest BCUT2D eigenvalue weighted by Crippen LogP contribution is -2.13. The largest absolute Gasteiger partial charge is 0.489 e. The molecule has 6 aromatic carbocycles. The Labute approximate surface area is 302 Å². The van der Waals surface area contributed by atoms with Gasteiger partial charge in [-0.1, -0.05) is 103 Å². The van der Waals surface area contributed by atoms with E-state index in [2.05, 4.69) is 0 Å². The summed E-state index contributed by atoms with van der Waals surface area (Å²) in [6.45, 7) is 4.23. The summed E-state index contributed by atoms with van der Waals surface area (Å²) in [6.07, 6.45) is -0.409. The molecule has 1 unspecified atom stereocenters. The zero-order valence-corrected chi connectivity index (χ0v) is 28.9. The van der Waals surface area contributed by atoms with E-state index in [0.717, 1.165) is 22.4 Å². The highest BCUT2D eigenvalue weighted by molar-refractivity contribution is 6.15. The summed E-state index contributed by atoms with van der Waals surface area (Å²) in [7, 11) is 0. The quantitative estimate of drug-likeness (QED) is 0.0823. The Morgan fingerprint density at radius 1 is 0.635 bits per heavy atom. The van der Waals surface area contributed by atoms with Gasteiger partial charge in [-0.25, -0.2) is 14.6 Å². The second kappa shape index (κ2) is 15.3. The van der Waals surface area contributed by atoms with Crippen molar-refractivity contribution in [1.82, 2.24) is 4.98 Å². The maximum Gasteiger partial charge on any atom is 0.344 e. The van der Waals surface area contributed by atoms with Gasteiger partial charge in [0.2, 0.25) is 0 Å². The number of rotatable bonds is 11. The minimum Gasteiger partial charge on any atom is -0.489 e. The molecule has 1 heterocycles. The Morgan fingerprint density at radius 3 is 1.94 bits per heavy atom. The zero-order valence-electron chi connectivity index (χ0n) is 28.9. The summed E-state index contributed by atoms with van der Waals surface area (Å²) in [5.41, 5.74) is 6.82. The maximum atomic E-state index is 14.0. The van der Waals surface area contributed by atoms with E-state index >= 15 is 0 Å². The second-order valence-electron chi connectivity index (χ2n) is 12.8. The molecule has 1 atom stereocenters. The molecule has 0 fully saturated rings. The van der Waals surface area contributed by atoms with E-state index in [1.165, 1.54) is 0 Å². The standard InChI is InChI=1S/C45H37NO6/c1-29-23-35(44(48)51-28-33-13-7-4-8-14-33)24-30(2)43(29)52-45(49)42-37-15-9-10-16-39(37)46-40-26-34(19-22-38(40)42)41(47)25-31-17-20-36(21-18-31)50-27-32-11-5-3-6-12-32/h3-24,26,41,47H,25,27-28H2,1-2H3. The number of carbonyl (C=O) groups excluding carboxylic acids is 2. The van der Waals surface area contributed by atoms with Crippen LogP contribution in [0.4, 0.5) is 0 Å². The molecule has 0 bridgehead atoms. The Bertz CT molecular complexity index is 2350. The van der Waals surface area contributed by atoms with Gasteiger partial charge in [0.05, 0.1) is 28.3 Å². The van der Waals surface area contributed by atoms with Gasteiger partial charge in [0, 0.05) is 17.2 Å². The van der Waals surface area contributed by atoms with Crippen molar-refractivity contribution in [1.29, 1.82) is 0 Å². The number of aromatic nitrogens is 1. The fraction of sp³-hybridized carbons (Fsp3) is 0.133. The predicted molar refractivity (Wildman–Crippen MR) is 202 cm³/mol. The number of esters is 2. The number of hydrogen-bond acceptors (Lipinski definition) is 7. The van der Waals surface area contributed by atoms with E-state index in [-0.39, 0.29) is 6.61 Å². The van der Waals surface area contributed by atoms with E-state index in [4.69, 9.17) is 19.2 Å². The molecule has 0 amide bonds. The summed E-state index contributed by atoms with van der Waals surface area (Å²) in [6, 6.07) is 43.4. The SMILES string of the molecule is Cc1cc(C(=O)OCc2ccccc2)cc(C)c1OC(=O)c1c2ccccc2nc2cc(C(O)Cc3ccc(OCc4ccccc4)cc3)ccc12. The van der Waals surface area contributed by atoms with Crippen LogP contribution in [0.1, 0.15) is 60.2 Å². The van der Waals surface area contributed by atoms with Crippen LogP contribution in [0.15, 0.2) is 140 Å². The molecule has 0 saturated carbocycles. The number of aryl methyl sites for hydroxylation is 2. The van der Waals surface area contributed by atoms with Crippen LogP contribution >= 0.6 is 0 Å². The molecule has 0 radical (unpaired) electrons. The molecule has 0 aliphatic carbocycles. The number of para-hydroxylation sites is 1. The van der Waals surface area contributed by atoms with Crippen molar-refractivity contribution in [3.05, 3.63) is 184 Å². The van der Waals surface area contributed by atoms with Crippen LogP contribution in [0.2, 0.25) is 0 Å². The lowest BCUT2D eigenvalue weighted by atomic mass is 9.97. The van der Waals surface area contributed by atoms with Crippen LogP contribution < -0.4 is 9.47 Å². The van der Waals surface area contributed by atoms with Crippen molar-refractivity contribution in [2.24, 2.45) is 0 Å². The topological polar surface area (TPSA) is 95.0 Å². The first-order chi connectivity index (χ1) is 25.3. The second-order valence-corrected chi connectivity index (χ2v) is 12.8. The van der Waals surface area contributed by atoms with E-state index in [1.54, 1.807) is 26.0 Å². The number of fused-ring (bicyclic) bond motifs is 2. The van der Waals surface area contributed by atoms with Crippen molar-refractivity contribution >= 4 is 33.7 Å². The fourth-order valence-electron chi connectivity index (χ4n) is 6.32. The van der Waals surface area contributed by atoms with Crippen LogP contribution in [-0.4, -0.2) is 22.0 Å². The highest BCUT2D eigenvalue weighted by Gasteiger charge is 2.22. The van der Waals surface area contributed by atoms with Crippen LogP contribution in [-0.2, 0) is 24.4 Å². The minimum atomic E-state index is -0.799. The van der Waals surface area contributed by atoms with Crippen molar-refractivity contribution in [2.75, 3.05) is 0 Å². The number of pyridine rings is 1. The molecule has 7 rings (SSSR count). The molecule has 0 spiro atoms. The summed E-state index contributed by atoms with van der Waals surface area (Å²) in [5.74, 6) is 0.132. The van der Waals surface area contributed by atoms with Crippen LogP contribution in [0.3, 0.4) is 0 Å². The van der Waals surface area contributed by atoms with Gasteiger partial charge >= 0.3 is 11.9 Å². The Morgan fingerprint density at radius 2 is 1.25 bits per heavy atom. The Balaban J connectivity index is 1.09. The third kappa shape index (κ3) is 7.70. The van der Waals surface area contributed by atoms with E-state index in [1.807, 2.05) is 127 Å². The third-order valence-electron chi connectivity index (χ3n) is 9.00. The number of carbonyl (C=O) groups is 2. The molecular formula is C45H37NO6. The monoisotopic (exact) mass is 687 g/mol. The molecule has 1 aromatic heterocycles. The number of aliphatic hydroxyl groups excluding tert-OH is 1. The molecule has 0 saturated heterocycles. The fourth-order valence-corrected chi connectivity index (χ4v) is 6.32. The Hall–Kier alpha value is -6.31. The van der Waals surface area contributed by atoms with Gasteiger partial charge in [-0.2, -0.15) is 0 Å². The van der Waals surface area contributed by atoms with Crippen molar-refractivity contribution in [3.8, 4) is 11.5 Å². The third-order valence-corrected chi connectivity index (χ3v) is 9.00. The summed E-state index contributed by atoms with van der Waals surface area (Å²) in [4.78, 5) is 31.8. The lowest BCUT2D eigenvalue weighted by Gasteiger charge is -2.16. The van der Waals surface area contributed by atoms with Gasteiger partial charge in [-0.15, -0.1) is 0 Å². The smallest absolute Gasteiger partial charge is 0.344 e. The predicted octanol–water partition coefficient (Wildman–Crippen LogP) is 9.44. The molecule has 7 aromatic rings. The van der Waals surface area contributed by atoms with Gasteiger partial charge in [-0.05, 0) is 83.6 Å². The molecule has 258 valence electrons. The molecule has 7 nitrogen and oxygen atoms in total. The van der Waals surface area contributed by atoms with Gasteiger partial charge in [0.25, 0.3) is 0 Å². The summed E-state index contributed by atoms with van der Waals surface area (Å²) in [5, 5.41) is 12.5. The average Bonchev–Trinajstić information content (AvgIpc) is 3.17. The van der Waals surface area contributed by atoms with Crippen LogP contribution in [0.25, 0.3) is 21.8 Å². The molecule has 0 aliphatic rings. The zero-order chi connectivity index (χ0) is 36.0. The number of ether oxygens (including phenoxy) is 3. The van der Waals surface area contributed by atoms with Crippen molar-refractivity contribution in [2.45, 2.75) is 39.6 Å². The first kappa shape index (κ1) is 34.2. The van der Waals surface area contributed by atoms with Crippen molar-refractivity contribution < 1.29 is 28.9 Å². The van der Waals surface area contributed by atoms with E-state index in [9.17, 15) is 14.7 Å². The average molecular weight is 688 g/mol. The molecule has 7 heteroatoms. The van der Waals surface area contributed by atoms with Crippen LogP contribution in [0.5, 0.6) is 11.5 Å². The number of nitrogens with zero attached hydrogens (tertiary/aromatic N) is 1. The summed E-state index contributed by atoms with van der Waals surface area (Å²) < 4.78 is 17.5. The highest BCUT2D eigenvalue weighted by atomic mass is 16.5. The van der Waals surface area contributed by atoms with Gasteiger partial charge in [0.15, 0.2) is 0 Å². The normalized spacial score (nSPS) is 11.7. The first-order valence-electron chi connectivity index (χ1n) is 17.1. The first-order valence-corrected chi connectivity index (χ1v) is 17.1. The van der Waals surface area contributed by atoms with Crippen LogP contribution in [0, 0.1) is 13.8 Å². The number of aliphatic hydroxyl groups is 1. The number of hydrogen-bond donors (Lipinski definition) is 1. The maximum absolute atomic E-state index is 14.0. The molecule has 0 aliphatic heterocycles. The Kier molecular flexibility index (Phi) is 10.0. The lowest BCUT2D eigenvalue weighted by molar-refractivity contribution is 0.0472. The minimum absolute atomic E-state index is 0.160. The summed E-state index contributed by atoms with van der Waals surface area (Å²) >= 11 is 0. The van der Waals surface area contributed by atoms with E-state index < -0.39 is 18.0 Å². The van der Waals surface area contributed by atoms with E-state index in [0.29, 0.717) is 68.4 Å². The number of benzene rings is 6. The van der Waals surface area contributed by atoms with Crippen molar-refractivity contribution in [3.63, 3.8) is 0 Å². The highest BCUT2D eigenvalue weighted by Crippen LogP contribution is 2.32.